The highest BCUT2D eigenvalue weighted by Gasteiger charge is 2.50. The van der Waals surface area contributed by atoms with Crippen LogP contribution in [0.15, 0.2) is 132 Å². The average molecular weight is 871 g/mol. The first-order chi connectivity index (χ1) is 30.7. The van der Waals surface area contributed by atoms with Crippen LogP contribution >= 0.6 is 0 Å². The number of aliphatic imine (C=N–C) groups is 3. The molecule has 342 valence electrons. The zero-order valence-corrected chi connectivity index (χ0v) is 39.7. The van der Waals surface area contributed by atoms with Gasteiger partial charge >= 0.3 is 11.9 Å². The van der Waals surface area contributed by atoms with E-state index in [4.69, 9.17) is 24.5 Å². The number of ketones is 1. The van der Waals surface area contributed by atoms with E-state index in [-0.39, 0.29) is 30.8 Å². The summed E-state index contributed by atoms with van der Waals surface area (Å²) in [5, 5.41) is 14.0. The standard InChI is InChI=1S/C54H70N4O6/c1-11-38-35(8)43-28-44-36(9)40(22-23-48(60)64-25-24-34(7)21-15-20-33(6)19-14-18-32(5)17-13-16-31(3)4)51(58-44)49-50(54(62)63-10)53(61)41-26-37(55-52(41)49)27-45-39(12-2)42(30-59)47(57-45)29-46(38)56-43/h11,24,26-33,36,40,50,58-59H,1,12-23,25H2,2-10H3/b34-24+,37-27?,42-30-,44-28?,46-29?,51-49?. The van der Waals surface area contributed by atoms with Gasteiger partial charge in [-0.2, -0.15) is 0 Å². The number of nitrogens with one attached hydrogen (secondary N) is 1. The largest absolute Gasteiger partial charge is 0.515 e. The summed E-state index contributed by atoms with van der Waals surface area (Å²) < 4.78 is 11.0. The molecule has 64 heavy (non-hydrogen) atoms. The number of fused-ring (bicyclic) bond motifs is 5. The summed E-state index contributed by atoms with van der Waals surface area (Å²) in [5.41, 5.74) is 10.1. The van der Waals surface area contributed by atoms with Crippen molar-refractivity contribution in [2.45, 2.75) is 132 Å². The number of hydrogen-bond acceptors (Lipinski definition) is 10. The summed E-state index contributed by atoms with van der Waals surface area (Å²) in [7, 11) is 1.28. The van der Waals surface area contributed by atoms with Gasteiger partial charge in [0.25, 0.3) is 0 Å². The number of carbonyl (C=O) groups excluding carboxylic acids is 3. The predicted molar refractivity (Wildman–Crippen MR) is 258 cm³/mol. The van der Waals surface area contributed by atoms with Crippen LogP contribution < -0.4 is 5.32 Å². The third kappa shape index (κ3) is 10.8. The van der Waals surface area contributed by atoms with Gasteiger partial charge in [-0.25, -0.2) is 15.0 Å². The zero-order chi connectivity index (χ0) is 46.2. The number of aliphatic hydroxyl groups is 1. The van der Waals surface area contributed by atoms with E-state index in [1.54, 1.807) is 18.2 Å². The molecule has 0 aromatic rings. The maximum Gasteiger partial charge on any atom is 0.321 e. The van der Waals surface area contributed by atoms with Gasteiger partial charge in [-0.1, -0.05) is 105 Å². The number of carbonyl (C=O) groups is 3. The Labute approximate surface area is 381 Å². The van der Waals surface area contributed by atoms with Gasteiger partial charge in [0.1, 0.15) is 12.5 Å². The lowest BCUT2D eigenvalue weighted by molar-refractivity contribution is -0.146. The van der Waals surface area contributed by atoms with E-state index in [1.807, 2.05) is 32.1 Å². The lowest BCUT2D eigenvalue weighted by Crippen LogP contribution is -2.26. The highest BCUT2D eigenvalue weighted by atomic mass is 16.5. The van der Waals surface area contributed by atoms with E-state index in [0.717, 1.165) is 53.4 Å². The number of esters is 2. The monoisotopic (exact) mass is 871 g/mol. The number of nitrogens with zero attached hydrogens (tertiary/aromatic N) is 3. The Morgan fingerprint density at radius 2 is 1.64 bits per heavy atom. The smallest absolute Gasteiger partial charge is 0.321 e. The molecular formula is C54H70N4O6. The fourth-order valence-corrected chi connectivity index (χ4v) is 9.87. The molecule has 5 unspecified atom stereocenters. The van der Waals surface area contributed by atoms with Crippen molar-refractivity contribution in [2.24, 2.45) is 50.5 Å². The molecule has 0 radical (unpaired) electrons. The molecule has 10 heteroatoms. The number of ether oxygens (including phenoxy) is 2. The highest BCUT2D eigenvalue weighted by molar-refractivity contribution is 6.42. The molecule has 1 aliphatic carbocycles. The molecule has 2 fully saturated rings. The van der Waals surface area contributed by atoms with Gasteiger partial charge in [-0.15, -0.1) is 0 Å². The van der Waals surface area contributed by atoms with Gasteiger partial charge in [0.05, 0.1) is 47.6 Å². The Kier molecular flexibility index (Phi) is 16.2. The summed E-state index contributed by atoms with van der Waals surface area (Å²) in [6, 6.07) is 0. The number of aliphatic hydroxyl groups excluding tert-OH is 1. The van der Waals surface area contributed by atoms with Crippen molar-refractivity contribution in [3.8, 4) is 0 Å². The Bertz CT molecular complexity index is 2300. The summed E-state index contributed by atoms with van der Waals surface area (Å²) >= 11 is 0. The van der Waals surface area contributed by atoms with Crippen LogP contribution in [0.25, 0.3) is 0 Å². The fourth-order valence-electron chi connectivity index (χ4n) is 9.87. The molecule has 6 rings (SSSR count). The third-order valence-electron chi connectivity index (χ3n) is 13.8. The van der Waals surface area contributed by atoms with Crippen LogP contribution in [0, 0.1) is 35.5 Å². The van der Waals surface area contributed by atoms with Crippen molar-refractivity contribution in [2.75, 3.05) is 13.7 Å². The SMILES string of the molecule is C=CC1=C(C)C2=NC1=CC1=NC(=C(CC)/C1=C/O)C=C1C=C3C(=O)C(C(=O)OC)C(=C4NC(=C2)C(C)C4CCC(=O)OC/C=C(\C)CCCC(C)CCCC(C)CCCC(C)C)C3=N1. The normalized spacial score (nSPS) is 23.2. The molecule has 2 N–H and O–H groups in total. The second-order valence-corrected chi connectivity index (χ2v) is 19.0. The van der Waals surface area contributed by atoms with E-state index in [0.29, 0.717) is 75.4 Å². The van der Waals surface area contributed by atoms with Gasteiger partial charge in [-0.05, 0) is 98.8 Å². The quantitative estimate of drug-likeness (QED) is 0.0537. The summed E-state index contributed by atoms with van der Waals surface area (Å²) in [5.74, 6) is -0.737. The Hall–Kier alpha value is -5.38. The molecule has 5 atom stereocenters. The number of rotatable bonds is 20. The van der Waals surface area contributed by atoms with Crippen molar-refractivity contribution in [3.05, 3.63) is 117 Å². The van der Waals surface area contributed by atoms with Crippen molar-refractivity contribution in [3.63, 3.8) is 0 Å². The first-order valence-electron chi connectivity index (χ1n) is 23.7. The van der Waals surface area contributed by atoms with E-state index in [2.05, 4.69) is 53.4 Å². The number of methoxy groups -OCH3 is 1. The molecule has 1 saturated carbocycles. The summed E-state index contributed by atoms with van der Waals surface area (Å²) in [6.45, 7) is 21.8. The molecular weight excluding hydrogens is 801 g/mol. The second kappa shape index (κ2) is 21.5. The van der Waals surface area contributed by atoms with Crippen LogP contribution in [0.3, 0.4) is 0 Å². The highest BCUT2D eigenvalue weighted by Crippen LogP contribution is 2.46. The van der Waals surface area contributed by atoms with Gasteiger partial charge in [0.2, 0.25) is 0 Å². The lowest BCUT2D eigenvalue weighted by Gasteiger charge is -2.19. The van der Waals surface area contributed by atoms with Crippen LogP contribution in [0.2, 0.25) is 0 Å². The van der Waals surface area contributed by atoms with Crippen LogP contribution in [0.4, 0.5) is 0 Å². The first kappa shape index (κ1) is 48.1. The van der Waals surface area contributed by atoms with Crippen LogP contribution in [-0.2, 0) is 23.9 Å². The summed E-state index contributed by atoms with van der Waals surface area (Å²) in [4.78, 5) is 55.9. The number of Topliss-reactive ketones (excluding diaryl/α,β-unsaturated/α-hetero) is 1. The van der Waals surface area contributed by atoms with E-state index in [1.165, 1.54) is 57.6 Å². The maximum atomic E-state index is 14.2. The molecule has 1 saturated heterocycles. The molecule has 0 aromatic heterocycles. The summed E-state index contributed by atoms with van der Waals surface area (Å²) in [6.07, 6.45) is 24.6. The van der Waals surface area contributed by atoms with E-state index >= 15 is 0 Å². The second-order valence-electron chi connectivity index (χ2n) is 19.0. The molecule has 0 aromatic carbocycles. The van der Waals surface area contributed by atoms with Crippen molar-refractivity contribution >= 4 is 34.9 Å². The van der Waals surface area contributed by atoms with Crippen molar-refractivity contribution in [1.29, 1.82) is 0 Å². The van der Waals surface area contributed by atoms with Gasteiger partial charge in [0, 0.05) is 51.9 Å². The minimum Gasteiger partial charge on any atom is -0.515 e. The average Bonchev–Trinajstić information content (AvgIpc) is 4.03. The van der Waals surface area contributed by atoms with Crippen LogP contribution in [-0.4, -0.2) is 53.7 Å². The number of hydrogen-bond donors (Lipinski definition) is 2. The Morgan fingerprint density at radius 3 is 2.30 bits per heavy atom. The Balaban J connectivity index is 1.19. The predicted octanol–water partition coefficient (Wildman–Crippen LogP) is 11.7. The molecule has 0 spiro atoms. The van der Waals surface area contributed by atoms with E-state index in [9.17, 15) is 19.5 Å². The van der Waals surface area contributed by atoms with E-state index < -0.39 is 17.7 Å². The van der Waals surface area contributed by atoms with Gasteiger partial charge in [0.15, 0.2) is 5.78 Å². The lowest BCUT2D eigenvalue weighted by atomic mass is 9.85. The minimum atomic E-state index is -1.22. The van der Waals surface area contributed by atoms with Crippen molar-refractivity contribution < 1.29 is 29.0 Å². The minimum absolute atomic E-state index is 0.140. The maximum absolute atomic E-state index is 14.2. The molecule has 5 aliphatic heterocycles. The van der Waals surface area contributed by atoms with Gasteiger partial charge < -0.3 is 19.9 Å². The topological polar surface area (TPSA) is 139 Å². The molecule has 10 nitrogen and oxygen atoms in total. The Morgan fingerprint density at radius 1 is 0.938 bits per heavy atom. The van der Waals surface area contributed by atoms with Crippen LogP contribution in [0.5, 0.6) is 0 Å². The zero-order valence-electron chi connectivity index (χ0n) is 39.7. The number of allylic oxidation sites excluding steroid dienone is 12. The van der Waals surface area contributed by atoms with Gasteiger partial charge in [-0.3, -0.25) is 14.4 Å². The van der Waals surface area contributed by atoms with Crippen molar-refractivity contribution in [1.82, 2.24) is 5.32 Å². The molecule has 5 heterocycles. The van der Waals surface area contributed by atoms with Crippen LogP contribution in [0.1, 0.15) is 132 Å². The molecule has 0 amide bonds. The third-order valence-corrected chi connectivity index (χ3v) is 13.8. The fraction of sp³-hybridized carbons (Fsp3) is 0.519. The molecule has 6 aliphatic rings. The molecule has 8 bridgehead atoms. The first-order valence-corrected chi connectivity index (χ1v) is 23.7.